The molecular formula is C16H19F5S. The van der Waals surface area contributed by atoms with Gasteiger partial charge in [-0.1, -0.05) is 44.6 Å². The molecule has 1 aliphatic carbocycles. The zero-order valence-electron chi connectivity index (χ0n) is 12.3. The van der Waals surface area contributed by atoms with Crippen LogP contribution in [0.15, 0.2) is 29.2 Å². The van der Waals surface area contributed by atoms with Crippen molar-refractivity contribution in [3.63, 3.8) is 0 Å². The van der Waals surface area contributed by atoms with Gasteiger partial charge in [-0.05, 0) is 55.9 Å². The summed E-state index contributed by atoms with van der Waals surface area (Å²) in [6.07, 6.45) is 5.40. The van der Waals surface area contributed by atoms with Crippen molar-refractivity contribution in [1.29, 1.82) is 0 Å². The summed E-state index contributed by atoms with van der Waals surface area (Å²) >= 11 is 0. The monoisotopic (exact) mass is 338 g/mol. The van der Waals surface area contributed by atoms with Crippen molar-refractivity contribution >= 4 is 10.2 Å². The van der Waals surface area contributed by atoms with Gasteiger partial charge < -0.3 is 0 Å². The van der Waals surface area contributed by atoms with Crippen molar-refractivity contribution in [2.75, 3.05) is 0 Å². The van der Waals surface area contributed by atoms with E-state index in [4.69, 9.17) is 0 Å². The van der Waals surface area contributed by atoms with Gasteiger partial charge in [0.05, 0.1) is 0 Å². The third-order valence-electron chi connectivity index (χ3n) is 4.14. The first-order valence-corrected chi connectivity index (χ1v) is 9.29. The SMILES string of the molecule is CC[C@H]1CC[C@H](C#Cc2ccc(S(F)(F)(F)(F)F)cc2)CC1. The van der Waals surface area contributed by atoms with E-state index in [1.807, 2.05) is 0 Å². The van der Waals surface area contributed by atoms with Crippen molar-refractivity contribution in [3.05, 3.63) is 29.8 Å². The molecule has 0 aliphatic heterocycles. The minimum Gasteiger partial charge on any atom is -0.0945 e. The number of halogens is 5. The summed E-state index contributed by atoms with van der Waals surface area (Å²) in [6, 6.07) is 2.86. The molecule has 0 aromatic heterocycles. The summed E-state index contributed by atoms with van der Waals surface area (Å²) in [4.78, 5) is -1.87. The molecule has 0 bridgehead atoms. The molecule has 0 saturated heterocycles. The second-order valence-electron chi connectivity index (χ2n) is 5.89. The van der Waals surface area contributed by atoms with Crippen molar-refractivity contribution < 1.29 is 19.4 Å². The van der Waals surface area contributed by atoms with Crippen LogP contribution in [0.2, 0.25) is 0 Å². The van der Waals surface area contributed by atoms with Crippen LogP contribution in [0.4, 0.5) is 19.4 Å². The first-order chi connectivity index (χ1) is 9.97. The Bertz CT molecular complexity index is 583. The number of benzene rings is 1. The molecule has 0 heterocycles. The largest absolute Gasteiger partial charge is 0.310 e. The van der Waals surface area contributed by atoms with E-state index in [2.05, 4.69) is 18.8 Å². The summed E-state index contributed by atoms with van der Waals surface area (Å²) in [5, 5.41) is 0. The molecule has 22 heavy (non-hydrogen) atoms. The highest BCUT2D eigenvalue weighted by Gasteiger charge is 2.65. The van der Waals surface area contributed by atoms with E-state index in [9.17, 15) is 19.4 Å². The lowest BCUT2D eigenvalue weighted by Gasteiger charge is -2.40. The van der Waals surface area contributed by atoms with Crippen LogP contribution in [0, 0.1) is 23.7 Å². The maximum atomic E-state index is 12.6. The van der Waals surface area contributed by atoms with E-state index in [1.165, 1.54) is 0 Å². The van der Waals surface area contributed by atoms with E-state index in [-0.39, 0.29) is 5.92 Å². The highest BCUT2D eigenvalue weighted by Crippen LogP contribution is 3.02. The van der Waals surface area contributed by atoms with Gasteiger partial charge in [0.1, 0.15) is 4.90 Å². The topological polar surface area (TPSA) is 0 Å². The van der Waals surface area contributed by atoms with Crippen LogP contribution in [0.3, 0.4) is 0 Å². The lowest BCUT2D eigenvalue weighted by molar-refractivity contribution is 0.309. The maximum Gasteiger partial charge on any atom is 0.310 e. The standard InChI is InChI=1S/C16H19F5S/c1-2-13-3-5-14(6-4-13)7-8-15-9-11-16(12-10-15)22(17,18,19,20)21/h9-14H,2-6H2,1H3/t13-,14-. The average Bonchev–Trinajstić information content (AvgIpc) is 2.44. The molecule has 1 aromatic rings. The number of hydrogen-bond donors (Lipinski definition) is 0. The lowest BCUT2D eigenvalue weighted by atomic mass is 9.81. The third-order valence-corrected chi connectivity index (χ3v) is 5.31. The molecule has 0 nitrogen and oxygen atoms in total. The Labute approximate surface area is 127 Å². The van der Waals surface area contributed by atoms with E-state index in [0.29, 0.717) is 17.7 Å². The van der Waals surface area contributed by atoms with E-state index >= 15 is 0 Å². The van der Waals surface area contributed by atoms with Crippen LogP contribution in [0.5, 0.6) is 0 Å². The van der Waals surface area contributed by atoms with Gasteiger partial charge in [-0.15, -0.1) is 0 Å². The van der Waals surface area contributed by atoms with Crippen LogP contribution in [-0.4, -0.2) is 0 Å². The van der Waals surface area contributed by atoms with Gasteiger partial charge in [0.25, 0.3) is 0 Å². The molecule has 124 valence electrons. The zero-order chi connectivity index (χ0) is 16.5. The van der Waals surface area contributed by atoms with Crippen LogP contribution in [-0.2, 0) is 0 Å². The minimum absolute atomic E-state index is 0.248. The van der Waals surface area contributed by atoms with E-state index < -0.39 is 15.1 Å². The highest BCUT2D eigenvalue weighted by molar-refractivity contribution is 8.45. The van der Waals surface area contributed by atoms with Crippen molar-refractivity contribution in [2.45, 2.75) is 43.9 Å². The fourth-order valence-electron chi connectivity index (χ4n) is 2.70. The maximum absolute atomic E-state index is 12.6. The summed E-state index contributed by atoms with van der Waals surface area (Å²) in [5.74, 6) is 6.85. The van der Waals surface area contributed by atoms with Gasteiger partial charge in [-0.2, -0.15) is 0 Å². The predicted molar refractivity (Wildman–Crippen MR) is 80.5 cm³/mol. The van der Waals surface area contributed by atoms with E-state index in [0.717, 1.165) is 50.2 Å². The molecule has 0 N–H and O–H groups in total. The highest BCUT2D eigenvalue weighted by atomic mass is 32.5. The Kier molecular flexibility index (Phi) is 4.02. The van der Waals surface area contributed by atoms with Crippen molar-refractivity contribution in [3.8, 4) is 11.8 Å². The molecule has 1 aromatic carbocycles. The fraction of sp³-hybridized carbons (Fsp3) is 0.500. The first kappa shape index (κ1) is 17.1. The molecule has 0 unspecified atom stereocenters. The van der Waals surface area contributed by atoms with E-state index in [1.54, 1.807) is 0 Å². The quantitative estimate of drug-likeness (QED) is 0.406. The molecule has 2 rings (SSSR count). The Balaban J connectivity index is 2.06. The average molecular weight is 338 g/mol. The second kappa shape index (κ2) is 5.16. The number of hydrogen-bond acceptors (Lipinski definition) is 0. The van der Waals surface area contributed by atoms with Gasteiger partial charge in [-0.25, -0.2) is 0 Å². The second-order valence-corrected chi connectivity index (χ2v) is 8.30. The summed E-state index contributed by atoms with van der Waals surface area (Å²) < 4.78 is 63.0. The molecular weight excluding hydrogens is 319 g/mol. The van der Waals surface area contributed by atoms with Crippen molar-refractivity contribution in [1.82, 2.24) is 0 Å². The number of rotatable bonds is 2. The molecule has 0 amide bonds. The molecule has 0 radical (unpaired) electrons. The van der Waals surface area contributed by atoms with Crippen LogP contribution in [0.1, 0.15) is 44.6 Å². The summed E-state index contributed by atoms with van der Waals surface area (Å²) in [6.45, 7) is 2.16. The Hall–Kier alpha value is -1.22. The molecule has 1 saturated carbocycles. The molecule has 0 atom stereocenters. The Morgan fingerprint density at radius 1 is 0.955 bits per heavy atom. The van der Waals surface area contributed by atoms with Gasteiger partial charge in [0.2, 0.25) is 0 Å². The summed E-state index contributed by atoms with van der Waals surface area (Å²) in [7, 11) is -9.58. The predicted octanol–water partition coefficient (Wildman–Crippen LogP) is 6.91. The normalized spacial score (nSPS) is 25.5. The molecule has 1 aliphatic rings. The smallest absolute Gasteiger partial charge is 0.0945 e. The molecule has 0 spiro atoms. The van der Waals surface area contributed by atoms with Gasteiger partial charge in [-0.3, -0.25) is 0 Å². The van der Waals surface area contributed by atoms with Crippen molar-refractivity contribution in [2.24, 2.45) is 11.8 Å². The van der Waals surface area contributed by atoms with Gasteiger partial charge in [0.15, 0.2) is 0 Å². The fourth-order valence-corrected chi connectivity index (χ4v) is 3.35. The Morgan fingerprint density at radius 2 is 1.50 bits per heavy atom. The summed E-state index contributed by atoms with van der Waals surface area (Å²) in [5.41, 5.74) is 0.336. The van der Waals surface area contributed by atoms with Crippen LogP contribution in [0.25, 0.3) is 0 Å². The zero-order valence-corrected chi connectivity index (χ0v) is 13.1. The van der Waals surface area contributed by atoms with Crippen LogP contribution >= 0.6 is 10.2 Å². The Morgan fingerprint density at radius 3 is 1.95 bits per heavy atom. The lowest BCUT2D eigenvalue weighted by Crippen LogP contribution is -2.12. The molecule has 1 fully saturated rings. The van der Waals surface area contributed by atoms with Gasteiger partial charge in [0, 0.05) is 11.5 Å². The van der Waals surface area contributed by atoms with Crippen LogP contribution < -0.4 is 0 Å². The molecule has 6 heteroatoms. The van der Waals surface area contributed by atoms with Gasteiger partial charge >= 0.3 is 10.2 Å². The first-order valence-electron chi connectivity index (χ1n) is 7.33. The minimum atomic E-state index is -9.58. The third kappa shape index (κ3) is 4.64.